The van der Waals surface area contributed by atoms with Gasteiger partial charge in [-0.05, 0) is 26.7 Å². The van der Waals surface area contributed by atoms with Gasteiger partial charge in [0, 0.05) is 11.1 Å². The summed E-state index contributed by atoms with van der Waals surface area (Å²) in [6.45, 7) is 12.3. The van der Waals surface area contributed by atoms with E-state index >= 15 is 0 Å². The van der Waals surface area contributed by atoms with E-state index in [9.17, 15) is 0 Å². The maximum atomic E-state index is 6.17. The van der Waals surface area contributed by atoms with Crippen molar-refractivity contribution in [3.63, 3.8) is 0 Å². The second kappa shape index (κ2) is 4.84. The van der Waals surface area contributed by atoms with Gasteiger partial charge >= 0.3 is 0 Å². The Morgan fingerprint density at radius 2 is 2.04 bits per heavy atom. The molecule has 0 aliphatic carbocycles. The van der Waals surface area contributed by atoms with Crippen molar-refractivity contribution >= 4 is 11.5 Å². The fourth-order valence-corrected chi connectivity index (χ4v) is 3.58. The normalized spacial score (nSPS) is 24.0. The Morgan fingerprint density at radius 3 is 2.74 bits per heavy atom. The molecule has 2 aliphatic heterocycles. The monoisotopic (exact) mass is 316 g/mol. The van der Waals surface area contributed by atoms with Gasteiger partial charge in [-0.2, -0.15) is 5.10 Å². The molecule has 2 atom stereocenters. The Bertz CT molecular complexity index is 747. The predicted octanol–water partition coefficient (Wildman–Crippen LogP) is 2.62. The second-order valence-electron chi connectivity index (χ2n) is 7.75. The molecule has 0 amide bonds. The van der Waals surface area contributed by atoms with E-state index in [2.05, 4.69) is 44.6 Å². The molecule has 2 aliphatic rings. The van der Waals surface area contributed by atoms with Gasteiger partial charge < -0.3 is 14.4 Å². The highest BCUT2D eigenvalue weighted by Crippen LogP contribution is 2.41. The van der Waals surface area contributed by atoms with Gasteiger partial charge in [0.15, 0.2) is 17.2 Å². The first-order chi connectivity index (χ1) is 10.9. The highest BCUT2D eigenvalue weighted by Gasteiger charge is 2.45. The van der Waals surface area contributed by atoms with Gasteiger partial charge in [-0.25, -0.2) is 9.50 Å². The van der Waals surface area contributed by atoms with Crippen LogP contribution in [-0.2, 0) is 4.74 Å². The summed E-state index contributed by atoms with van der Waals surface area (Å²) in [7, 11) is 0. The van der Waals surface area contributed by atoms with E-state index in [-0.39, 0.29) is 17.7 Å². The van der Waals surface area contributed by atoms with Gasteiger partial charge in [-0.1, -0.05) is 13.8 Å². The lowest BCUT2D eigenvalue weighted by Gasteiger charge is -2.46. The molecule has 4 heterocycles. The third kappa shape index (κ3) is 2.19. The molecule has 0 unspecified atom stereocenters. The minimum atomic E-state index is -0.0570. The van der Waals surface area contributed by atoms with Crippen molar-refractivity contribution in [1.82, 2.24) is 14.6 Å². The molecule has 2 aromatic rings. The molecule has 0 radical (unpaired) electrons. The van der Waals surface area contributed by atoms with Crippen LogP contribution in [0.1, 0.15) is 46.1 Å². The average Bonchev–Trinajstić information content (AvgIpc) is 3.06. The van der Waals surface area contributed by atoms with Crippen molar-refractivity contribution in [2.45, 2.75) is 58.2 Å². The standard InChI is InChI=1S/C17H24N4O2/c1-10(2)11-6-18-20-7-13-16(19-15(11)20)21(17(3,4)5)12-8-22-9-14(12)23-13/h6-7,10,12,14H,8-9H2,1-5H3/t12-,14+/m0/s1. The number of rotatable bonds is 1. The van der Waals surface area contributed by atoms with Crippen LogP contribution < -0.4 is 9.64 Å². The third-order valence-corrected chi connectivity index (χ3v) is 4.65. The van der Waals surface area contributed by atoms with Crippen molar-refractivity contribution in [3.8, 4) is 5.75 Å². The number of fused-ring (bicyclic) bond motifs is 3. The molecule has 2 aromatic heterocycles. The van der Waals surface area contributed by atoms with Crippen molar-refractivity contribution in [2.24, 2.45) is 0 Å². The van der Waals surface area contributed by atoms with Gasteiger partial charge in [-0.3, -0.25) is 0 Å². The molecule has 6 nitrogen and oxygen atoms in total. The zero-order chi connectivity index (χ0) is 16.4. The number of nitrogens with zero attached hydrogens (tertiary/aromatic N) is 4. The summed E-state index contributed by atoms with van der Waals surface area (Å²) < 4.78 is 13.7. The summed E-state index contributed by atoms with van der Waals surface area (Å²) in [5.41, 5.74) is 2.01. The summed E-state index contributed by atoms with van der Waals surface area (Å²) in [6, 6.07) is 0.211. The number of hydrogen-bond donors (Lipinski definition) is 0. The van der Waals surface area contributed by atoms with E-state index in [0.29, 0.717) is 19.1 Å². The Kier molecular flexibility index (Phi) is 3.10. The Labute approximate surface area is 136 Å². The summed E-state index contributed by atoms with van der Waals surface area (Å²) in [5, 5.41) is 4.45. The predicted molar refractivity (Wildman–Crippen MR) is 88.3 cm³/mol. The van der Waals surface area contributed by atoms with E-state index in [4.69, 9.17) is 14.5 Å². The van der Waals surface area contributed by atoms with E-state index in [1.165, 1.54) is 0 Å². The molecule has 1 saturated heterocycles. The van der Waals surface area contributed by atoms with Crippen LogP contribution in [0.4, 0.5) is 5.82 Å². The van der Waals surface area contributed by atoms with Crippen molar-refractivity contribution in [2.75, 3.05) is 18.1 Å². The van der Waals surface area contributed by atoms with Crippen molar-refractivity contribution < 1.29 is 9.47 Å². The fraction of sp³-hybridized carbons (Fsp3) is 0.647. The molecular weight excluding hydrogens is 292 g/mol. The number of ether oxygens (including phenoxy) is 2. The summed E-state index contributed by atoms with van der Waals surface area (Å²) >= 11 is 0. The molecule has 0 N–H and O–H groups in total. The molecule has 1 fully saturated rings. The highest BCUT2D eigenvalue weighted by molar-refractivity contribution is 5.63. The first-order valence-electron chi connectivity index (χ1n) is 8.28. The lowest BCUT2D eigenvalue weighted by Crippen LogP contribution is -2.57. The van der Waals surface area contributed by atoms with Crippen LogP contribution >= 0.6 is 0 Å². The van der Waals surface area contributed by atoms with Crippen LogP contribution in [0.5, 0.6) is 5.75 Å². The molecule has 0 bridgehead atoms. The maximum absolute atomic E-state index is 6.17. The zero-order valence-corrected chi connectivity index (χ0v) is 14.4. The Morgan fingerprint density at radius 1 is 1.26 bits per heavy atom. The van der Waals surface area contributed by atoms with Crippen LogP contribution in [0.3, 0.4) is 0 Å². The van der Waals surface area contributed by atoms with Crippen LogP contribution in [0.2, 0.25) is 0 Å². The molecular formula is C17H24N4O2. The lowest BCUT2D eigenvalue weighted by atomic mass is 9.99. The minimum absolute atomic E-state index is 0.0566. The third-order valence-electron chi connectivity index (χ3n) is 4.65. The van der Waals surface area contributed by atoms with E-state index in [1.807, 2.05) is 16.9 Å². The number of aromatic nitrogens is 3. The van der Waals surface area contributed by atoms with Gasteiger partial charge in [0.05, 0.1) is 31.6 Å². The average molecular weight is 316 g/mol. The Balaban J connectivity index is 1.92. The molecule has 0 aromatic carbocycles. The Hall–Kier alpha value is -1.82. The minimum Gasteiger partial charge on any atom is -0.480 e. The van der Waals surface area contributed by atoms with Crippen LogP contribution in [0.15, 0.2) is 12.4 Å². The number of hydrogen-bond acceptors (Lipinski definition) is 5. The molecule has 0 spiro atoms. The smallest absolute Gasteiger partial charge is 0.180 e. The largest absolute Gasteiger partial charge is 0.480 e. The summed E-state index contributed by atoms with van der Waals surface area (Å²) in [4.78, 5) is 7.31. The van der Waals surface area contributed by atoms with Crippen LogP contribution in [0, 0.1) is 0 Å². The van der Waals surface area contributed by atoms with Crippen LogP contribution in [0.25, 0.3) is 5.65 Å². The van der Waals surface area contributed by atoms with Crippen LogP contribution in [-0.4, -0.2) is 45.5 Å². The molecule has 0 saturated carbocycles. The van der Waals surface area contributed by atoms with E-state index in [0.717, 1.165) is 22.8 Å². The van der Waals surface area contributed by atoms with E-state index < -0.39 is 0 Å². The second-order valence-corrected chi connectivity index (χ2v) is 7.75. The van der Waals surface area contributed by atoms with Gasteiger partial charge in [0.1, 0.15) is 6.10 Å². The van der Waals surface area contributed by atoms with Gasteiger partial charge in [0.2, 0.25) is 0 Å². The summed E-state index contributed by atoms with van der Waals surface area (Å²) in [5.74, 6) is 2.07. The highest BCUT2D eigenvalue weighted by atomic mass is 16.6. The topological polar surface area (TPSA) is 51.9 Å². The first-order valence-corrected chi connectivity index (χ1v) is 8.28. The SMILES string of the molecule is CC(C)c1cnn2cc3c(nc12)N(C(C)(C)C)[C@H]1COC[C@H]1O3. The molecule has 4 rings (SSSR count). The summed E-state index contributed by atoms with van der Waals surface area (Å²) in [6.07, 6.45) is 3.92. The molecule has 124 valence electrons. The first kappa shape index (κ1) is 14.8. The van der Waals surface area contributed by atoms with E-state index in [1.54, 1.807) is 0 Å². The quantitative estimate of drug-likeness (QED) is 0.809. The zero-order valence-electron chi connectivity index (χ0n) is 14.4. The lowest BCUT2D eigenvalue weighted by molar-refractivity contribution is 0.133. The maximum Gasteiger partial charge on any atom is 0.180 e. The van der Waals surface area contributed by atoms with Gasteiger partial charge in [-0.15, -0.1) is 0 Å². The van der Waals surface area contributed by atoms with Crippen molar-refractivity contribution in [3.05, 3.63) is 18.0 Å². The fourth-order valence-electron chi connectivity index (χ4n) is 3.58. The number of anilines is 1. The van der Waals surface area contributed by atoms with Gasteiger partial charge in [0.25, 0.3) is 0 Å². The molecule has 6 heteroatoms. The van der Waals surface area contributed by atoms with Crippen molar-refractivity contribution in [1.29, 1.82) is 0 Å². The molecule has 23 heavy (non-hydrogen) atoms.